The Labute approximate surface area is 102 Å². The molecule has 1 rings (SSSR count). The molecule has 1 fully saturated rings. The van der Waals surface area contributed by atoms with Gasteiger partial charge in [0.1, 0.15) is 24.4 Å². The van der Waals surface area contributed by atoms with Crippen molar-refractivity contribution < 1.29 is 30.3 Å². The van der Waals surface area contributed by atoms with Gasteiger partial charge in [-0.15, -0.1) is 11.8 Å². The zero-order valence-corrected chi connectivity index (χ0v) is 10.0. The number of carboxylic acids is 1. The van der Waals surface area contributed by atoms with Gasteiger partial charge in [0.05, 0.1) is 11.5 Å². The van der Waals surface area contributed by atoms with E-state index in [-0.39, 0.29) is 5.75 Å². The number of hydrogen-bond donors (Lipinski definition) is 6. The first-order valence-electron chi connectivity index (χ1n) is 5.17. The molecule has 0 aromatic carbocycles. The van der Waals surface area contributed by atoms with Gasteiger partial charge in [-0.25, -0.2) is 0 Å². The van der Waals surface area contributed by atoms with Crippen LogP contribution in [-0.4, -0.2) is 73.1 Å². The first kappa shape index (κ1) is 14.7. The Morgan fingerprint density at radius 3 is 2.29 bits per heavy atom. The van der Waals surface area contributed by atoms with Crippen LogP contribution in [0.3, 0.4) is 0 Å². The van der Waals surface area contributed by atoms with E-state index < -0.39 is 41.8 Å². The molecule has 6 atom stereocenters. The normalized spacial score (nSPS) is 31.8. The van der Waals surface area contributed by atoms with Crippen LogP contribution in [0.15, 0.2) is 0 Å². The Hall–Kier alpha value is -0.380. The van der Waals surface area contributed by atoms with Gasteiger partial charge in [0.15, 0.2) is 0 Å². The Balaban J connectivity index is 2.54. The number of aliphatic carboxylic acids is 1. The fourth-order valence-electron chi connectivity index (χ4n) is 1.50. The van der Waals surface area contributed by atoms with Crippen LogP contribution in [0.5, 0.6) is 0 Å². The van der Waals surface area contributed by atoms with Gasteiger partial charge in [0.2, 0.25) is 0 Å². The first-order valence-corrected chi connectivity index (χ1v) is 6.22. The molecule has 1 aliphatic rings. The van der Waals surface area contributed by atoms with Crippen molar-refractivity contribution in [2.75, 3.05) is 5.75 Å². The van der Waals surface area contributed by atoms with Gasteiger partial charge >= 0.3 is 5.97 Å². The molecule has 7 nitrogen and oxygen atoms in total. The highest BCUT2D eigenvalue weighted by molar-refractivity contribution is 8.00. The molecule has 5 unspecified atom stereocenters. The molecule has 0 spiro atoms. The van der Waals surface area contributed by atoms with E-state index in [1.54, 1.807) is 0 Å². The van der Waals surface area contributed by atoms with Crippen LogP contribution in [0.4, 0.5) is 0 Å². The number of carbonyl (C=O) groups is 1. The molecule has 1 heterocycles. The lowest BCUT2D eigenvalue weighted by Crippen LogP contribution is -2.51. The lowest BCUT2D eigenvalue weighted by Gasteiger charge is -2.28. The molecular formula is C9H17NO6S. The molecule has 0 aromatic rings. The van der Waals surface area contributed by atoms with Crippen LogP contribution in [0.1, 0.15) is 6.92 Å². The maximum Gasteiger partial charge on any atom is 0.321 e. The summed E-state index contributed by atoms with van der Waals surface area (Å²) in [7, 11) is 0. The molecular weight excluding hydrogens is 250 g/mol. The van der Waals surface area contributed by atoms with E-state index >= 15 is 0 Å². The number of aliphatic hydroxyl groups excluding tert-OH is 4. The monoisotopic (exact) mass is 267 g/mol. The number of thioether (sulfide) groups is 1. The van der Waals surface area contributed by atoms with Crippen molar-refractivity contribution >= 4 is 17.7 Å². The molecule has 8 heteroatoms. The summed E-state index contributed by atoms with van der Waals surface area (Å²) in [6.07, 6.45) is -5.54. The van der Waals surface area contributed by atoms with E-state index in [0.717, 1.165) is 11.8 Å². The average Bonchev–Trinajstić information content (AvgIpc) is 2.75. The van der Waals surface area contributed by atoms with Crippen LogP contribution in [0.2, 0.25) is 0 Å². The summed E-state index contributed by atoms with van der Waals surface area (Å²) in [6.45, 7) is 1.29. The van der Waals surface area contributed by atoms with Crippen LogP contribution in [-0.2, 0) is 4.79 Å². The Bertz CT molecular complexity index is 276. The Kier molecular flexibility index (Phi) is 5.17. The average molecular weight is 267 g/mol. The number of rotatable bonds is 5. The predicted molar refractivity (Wildman–Crippen MR) is 60.5 cm³/mol. The molecule has 0 saturated carbocycles. The van der Waals surface area contributed by atoms with Crippen LogP contribution in [0.25, 0.3) is 0 Å². The van der Waals surface area contributed by atoms with Crippen LogP contribution in [0, 0.1) is 0 Å². The summed E-state index contributed by atoms with van der Waals surface area (Å²) >= 11 is 1.15. The minimum absolute atomic E-state index is 0.272. The van der Waals surface area contributed by atoms with Gasteiger partial charge in [-0.3, -0.25) is 10.1 Å². The number of hydrogen-bond acceptors (Lipinski definition) is 7. The highest BCUT2D eigenvalue weighted by atomic mass is 32.2. The fraction of sp³-hybridized carbons (Fsp3) is 0.889. The molecule has 1 saturated heterocycles. The summed E-state index contributed by atoms with van der Waals surface area (Å²) in [5.74, 6) is -0.757. The van der Waals surface area contributed by atoms with E-state index in [9.17, 15) is 20.1 Å². The lowest BCUT2D eigenvalue weighted by molar-refractivity contribution is -0.139. The lowest BCUT2D eigenvalue weighted by atomic mass is 10.0. The standard InChI is InChI=1S/C9H17NO6S/c1-3(11)5(12)6(13)7(14)8-10-4(2-17-8)9(15)16/h3-8,10-14H,2H2,1H3,(H,15,16)/t3?,4-,5?,6?,7?,8?/m0/s1. The number of aliphatic hydroxyl groups is 4. The van der Waals surface area contributed by atoms with Gasteiger partial charge in [-0.05, 0) is 6.92 Å². The molecule has 1 aliphatic heterocycles. The minimum Gasteiger partial charge on any atom is -0.480 e. The highest BCUT2D eigenvalue weighted by Gasteiger charge is 2.39. The van der Waals surface area contributed by atoms with Gasteiger partial charge in [0, 0.05) is 5.75 Å². The second-order valence-corrected chi connectivity index (χ2v) is 5.20. The minimum atomic E-state index is -1.53. The largest absolute Gasteiger partial charge is 0.480 e. The molecule has 0 radical (unpaired) electrons. The maximum atomic E-state index is 10.7. The van der Waals surface area contributed by atoms with Crippen molar-refractivity contribution in [2.24, 2.45) is 0 Å². The molecule has 100 valence electrons. The van der Waals surface area contributed by atoms with E-state index in [2.05, 4.69) is 5.32 Å². The number of nitrogens with one attached hydrogen (secondary N) is 1. The first-order chi connectivity index (χ1) is 7.84. The van der Waals surface area contributed by atoms with E-state index in [4.69, 9.17) is 10.2 Å². The Morgan fingerprint density at radius 1 is 1.29 bits per heavy atom. The predicted octanol–water partition coefficient (Wildman–Crippen LogP) is -2.43. The second-order valence-electron chi connectivity index (χ2n) is 4.02. The quantitative estimate of drug-likeness (QED) is 0.324. The van der Waals surface area contributed by atoms with Crippen molar-refractivity contribution in [3.63, 3.8) is 0 Å². The van der Waals surface area contributed by atoms with Gasteiger partial charge in [0.25, 0.3) is 0 Å². The molecule has 0 aliphatic carbocycles. The topological polar surface area (TPSA) is 130 Å². The molecule has 0 amide bonds. The molecule has 0 bridgehead atoms. The third-order valence-corrected chi connectivity index (χ3v) is 3.91. The van der Waals surface area contributed by atoms with Crippen molar-refractivity contribution in [3.8, 4) is 0 Å². The van der Waals surface area contributed by atoms with Gasteiger partial charge < -0.3 is 25.5 Å². The SMILES string of the molecule is CC(O)C(O)C(O)C(O)C1N[C@H](C(=O)O)CS1. The smallest absolute Gasteiger partial charge is 0.321 e. The third-order valence-electron chi connectivity index (χ3n) is 2.61. The van der Waals surface area contributed by atoms with Crippen LogP contribution >= 0.6 is 11.8 Å². The maximum absolute atomic E-state index is 10.7. The summed E-state index contributed by atoms with van der Waals surface area (Å²) in [6, 6.07) is -0.782. The number of carboxylic acid groups (broad SMARTS) is 1. The summed E-state index contributed by atoms with van der Waals surface area (Å²) < 4.78 is 0. The molecule has 17 heavy (non-hydrogen) atoms. The van der Waals surface area contributed by atoms with Crippen molar-refractivity contribution in [1.82, 2.24) is 5.32 Å². The molecule has 6 N–H and O–H groups in total. The zero-order chi connectivity index (χ0) is 13.2. The van der Waals surface area contributed by atoms with Crippen LogP contribution < -0.4 is 5.32 Å². The Morgan fingerprint density at radius 2 is 1.88 bits per heavy atom. The molecule has 0 aromatic heterocycles. The summed E-state index contributed by atoms with van der Waals surface area (Å²) in [5, 5.41) is 48.5. The van der Waals surface area contributed by atoms with Crippen molar-refractivity contribution in [3.05, 3.63) is 0 Å². The van der Waals surface area contributed by atoms with E-state index in [0.29, 0.717) is 0 Å². The van der Waals surface area contributed by atoms with Gasteiger partial charge in [-0.2, -0.15) is 0 Å². The van der Waals surface area contributed by atoms with Gasteiger partial charge in [-0.1, -0.05) is 0 Å². The summed E-state index contributed by atoms with van der Waals surface area (Å²) in [4.78, 5) is 10.7. The highest BCUT2D eigenvalue weighted by Crippen LogP contribution is 2.24. The fourth-order valence-corrected chi connectivity index (χ4v) is 2.76. The van der Waals surface area contributed by atoms with E-state index in [1.165, 1.54) is 6.92 Å². The zero-order valence-electron chi connectivity index (χ0n) is 9.22. The third kappa shape index (κ3) is 3.54. The van der Waals surface area contributed by atoms with E-state index in [1.807, 2.05) is 0 Å². The van der Waals surface area contributed by atoms with Crippen molar-refractivity contribution in [2.45, 2.75) is 42.8 Å². The summed E-state index contributed by atoms with van der Waals surface area (Å²) in [5.41, 5.74) is 0. The second kappa shape index (κ2) is 5.98. The van der Waals surface area contributed by atoms with Crippen molar-refractivity contribution in [1.29, 1.82) is 0 Å².